The zero-order valence-corrected chi connectivity index (χ0v) is 19.4. The molecule has 0 aliphatic heterocycles. The molecule has 0 atom stereocenters. The van der Waals surface area contributed by atoms with Gasteiger partial charge in [0.05, 0.1) is 33.5 Å². The van der Waals surface area contributed by atoms with Crippen molar-refractivity contribution in [3.8, 4) is 11.5 Å². The van der Waals surface area contributed by atoms with E-state index in [4.69, 9.17) is 23.7 Å². The molecule has 0 radical (unpaired) electrons. The highest BCUT2D eigenvalue weighted by Crippen LogP contribution is 2.42. The quantitative estimate of drug-likeness (QED) is 0.184. The van der Waals surface area contributed by atoms with E-state index in [9.17, 15) is 9.59 Å². The Morgan fingerprint density at radius 3 is 1.82 bits per heavy atom. The lowest BCUT2D eigenvalue weighted by atomic mass is 10.0. The van der Waals surface area contributed by atoms with Gasteiger partial charge in [0.25, 0.3) is 0 Å². The molecule has 3 aromatic rings. The first kappa shape index (κ1) is 25.0. The predicted molar refractivity (Wildman–Crippen MR) is 129 cm³/mol. The molecule has 0 aliphatic rings. The number of esters is 1. The van der Waals surface area contributed by atoms with Crippen LogP contribution in [0.2, 0.25) is 0 Å². The van der Waals surface area contributed by atoms with Crippen molar-refractivity contribution in [2.75, 3.05) is 46.7 Å². The first-order valence-corrected chi connectivity index (χ1v) is 10.9. The molecule has 1 N–H and O–H groups in total. The van der Waals surface area contributed by atoms with Crippen molar-refractivity contribution in [1.82, 2.24) is 5.32 Å². The van der Waals surface area contributed by atoms with Crippen LogP contribution in [0.1, 0.15) is 6.92 Å². The molecule has 0 heterocycles. The number of carbonyl (C=O) groups is 2. The first-order chi connectivity index (χ1) is 16.5. The van der Waals surface area contributed by atoms with E-state index in [0.29, 0.717) is 31.1 Å². The van der Waals surface area contributed by atoms with E-state index in [1.807, 2.05) is 48.5 Å². The smallest absolute Gasteiger partial charge is 0.412 e. The molecular formula is C26H29NO7. The standard InChI is InChI=1S/C26H29NO7/c1-18(2)25(28)33-17-16-32-15-14-31-13-12-27-26(29)34-24-21-10-6-4-8-19(21)23(30-3)20-9-5-7-11-22(20)24/h4-11H,1,12-17H2,2-3H3,(H,27,29). The maximum absolute atomic E-state index is 12.5. The van der Waals surface area contributed by atoms with Crippen molar-refractivity contribution in [1.29, 1.82) is 0 Å². The molecular weight excluding hydrogens is 438 g/mol. The van der Waals surface area contributed by atoms with Gasteiger partial charge in [0.2, 0.25) is 0 Å². The van der Waals surface area contributed by atoms with E-state index >= 15 is 0 Å². The van der Waals surface area contributed by atoms with Gasteiger partial charge in [-0.15, -0.1) is 0 Å². The van der Waals surface area contributed by atoms with Crippen LogP contribution in [-0.4, -0.2) is 58.8 Å². The average molecular weight is 468 g/mol. The second kappa shape index (κ2) is 12.6. The fourth-order valence-corrected chi connectivity index (χ4v) is 3.37. The molecule has 180 valence electrons. The van der Waals surface area contributed by atoms with Crippen molar-refractivity contribution < 1.29 is 33.3 Å². The monoisotopic (exact) mass is 467 g/mol. The van der Waals surface area contributed by atoms with Gasteiger partial charge in [-0.3, -0.25) is 0 Å². The van der Waals surface area contributed by atoms with E-state index in [2.05, 4.69) is 11.9 Å². The molecule has 0 fully saturated rings. The van der Waals surface area contributed by atoms with Crippen LogP contribution in [0.3, 0.4) is 0 Å². The van der Waals surface area contributed by atoms with E-state index < -0.39 is 12.1 Å². The molecule has 0 aliphatic carbocycles. The van der Waals surface area contributed by atoms with Crippen molar-refractivity contribution in [2.24, 2.45) is 0 Å². The SMILES string of the molecule is C=C(C)C(=O)OCCOCCOCCNC(=O)Oc1c2ccccc2c(OC)c2ccccc12. The second-order valence-corrected chi connectivity index (χ2v) is 7.41. The highest BCUT2D eigenvalue weighted by molar-refractivity contribution is 6.11. The van der Waals surface area contributed by atoms with Crippen molar-refractivity contribution in [3.63, 3.8) is 0 Å². The molecule has 0 saturated heterocycles. The van der Waals surface area contributed by atoms with Crippen LogP contribution in [0.15, 0.2) is 60.7 Å². The van der Waals surface area contributed by atoms with Gasteiger partial charge in [-0.05, 0) is 6.92 Å². The average Bonchev–Trinajstić information content (AvgIpc) is 2.85. The summed E-state index contributed by atoms with van der Waals surface area (Å²) in [5, 5.41) is 6.00. The Kier molecular flexibility index (Phi) is 9.25. The third-order valence-corrected chi connectivity index (χ3v) is 4.93. The number of hydrogen-bond donors (Lipinski definition) is 1. The van der Waals surface area contributed by atoms with Gasteiger partial charge in [-0.1, -0.05) is 55.1 Å². The summed E-state index contributed by atoms with van der Waals surface area (Å²) in [6.45, 7) is 6.79. The van der Waals surface area contributed by atoms with Gasteiger partial charge in [0.1, 0.15) is 18.1 Å². The van der Waals surface area contributed by atoms with Crippen LogP contribution >= 0.6 is 0 Å². The summed E-state index contributed by atoms with van der Waals surface area (Å²) in [6, 6.07) is 15.3. The minimum absolute atomic E-state index is 0.161. The lowest BCUT2D eigenvalue weighted by Gasteiger charge is -2.16. The van der Waals surface area contributed by atoms with Crippen molar-refractivity contribution in [3.05, 3.63) is 60.7 Å². The second-order valence-electron chi connectivity index (χ2n) is 7.41. The Morgan fingerprint density at radius 1 is 0.794 bits per heavy atom. The van der Waals surface area contributed by atoms with Crippen LogP contribution in [0.5, 0.6) is 11.5 Å². The number of carbonyl (C=O) groups excluding carboxylic acids is 2. The zero-order chi connectivity index (χ0) is 24.3. The molecule has 0 bridgehead atoms. The molecule has 0 aromatic heterocycles. The van der Waals surface area contributed by atoms with E-state index in [0.717, 1.165) is 27.3 Å². The molecule has 0 unspecified atom stereocenters. The number of rotatable bonds is 12. The maximum Gasteiger partial charge on any atom is 0.412 e. The molecule has 0 spiro atoms. The maximum atomic E-state index is 12.5. The van der Waals surface area contributed by atoms with Gasteiger partial charge in [-0.25, -0.2) is 9.59 Å². The largest absolute Gasteiger partial charge is 0.495 e. The van der Waals surface area contributed by atoms with Gasteiger partial charge >= 0.3 is 12.1 Å². The summed E-state index contributed by atoms with van der Waals surface area (Å²) in [6.07, 6.45) is -0.570. The number of nitrogens with one attached hydrogen (secondary N) is 1. The number of amides is 1. The van der Waals surface area contributed by atoms with Crippen LogP contribution in [0.25, 0.3) is 21.5 Å². The Balaban J connectivity index is 1.45. The Bertz CT molecular complexity index is 1100. The summed E-state index contributed by atoms with van der Waals surface area (Å²) in [4.78, 5) is 23.7. The topological polar surface area (TPSA) is 92.3 Å². The molecule has 1 amide bonds. The summed E-state index contributed by atoms with van der Waals surface area (Å²) in [5.74, 6) is 0.781. The number of ether oxygens (including phenoxy) is 5. The highest BCUT2D eigenvalue weighted by atomic mass is 16.6. The van der Waals surface area contributed by atoms with Crippen molar-refractivity contribution >= 4 is 33.6 Å². The number of methoxy groups -OCH3 is 1. The fourth-order valence-electron chi connectivity index (χ4n) is 3.37. The van der Waals surface area contributed by atoms with Gasteiger partial charge in [-0.2, -0.15) is 0 Å². The van der Waals surface area contributed by atoms with E-state index in [1.165, 1.54) is 0 Å². The highest BCUT2D eigenvalue weighted by Gasteiger charge is 2.17. The third kappa shape index (κ3) is 6.46. The van der Waals surface area contributed by atoms with Crippen LogP contribution in [0.4, 0.5) is 4.79 Å². The van der Waals surface area contributed by atoms with Gasteiger partial charge < -0.3 is 29.0 Å². The first-order valence-electron chi connectivity index (χ1n) is 10.9. The summed E-state index contributed by atoms with van der Waals surface area (Å²) >= 11 is 0. The Hall–Kier alpha value is -3.62. The lowest BCUT2D eigenvalue weighted by Crippen LogP contribution is -2.30. The zero-order valence-electron chi connectivity index (χ0n) is 19.4. The molecule has 34 heavy (non-hydrogen) atoms. The van der Waals surface area contributed by atoms with E-state index in [-0.39, 0.29) is 19.8 Å². The number of benzene rings is 3. The number of fused-ring (bicyclic) bond motifs is 2. The molecule has 3 rings (SSSR count). The number of hydrogen-bond acceptors (Lipinski definition) is 7. The summed E-state index contributed by atoms with van der Waals surface area (Å²) in [5.41, 5.74) is 0.350. The summed E-state index contributed by atoms with van der Waals surface area (Å²) in [7, 11) is 1.63. The van der Waals surface area contributed by atoms with Crippen LogP contribution < -0.4 is 14.8 Å². The van der Waals surface area contributed by atoms with E-state index in [1.54, 1.807) is 14.0 Å². The molecule has 8 nitrogen and oxygen atoms in total. The van der Waals surface area contributed by atoms with Gasteiger partial charge in [0.15, 0.2) is 0 Å². The van der Waals surface area contributed by atoms with Crippen LogP contribution in [-0.2, 0) is 19.0 Å². The van der Waals surface area contributed by atoms with Crippen molar-refractivity contribution in [2.45, 2.75) is 6.92 Å². The lowest BCUT2D eigenvalue weighted by molar-refractivity contribution is -0.140. The fraction of sp³-hybridized carbons (Fsp3) is 0.308. The minimum Gasteiger partial charge on any atom is -0.495 e. The summed E-state index contributed by atoms with van der Waals surface area (Å²) < 4.78 is 27.0. The third-order valence-electron chi connectivity index (χ3n) is 4.93. The van der Waals surface area contributed by atoms with Crippen LogP contribution in [0, 0.1) is 0 Å². The Morgan fingerprint density at radius 2 is 1.29 bits per heavy atom. The molecule has 0 saturated carbocycles. The Labute approximate surface area is 198 Å². The van der Waals surface area contributed by atoms with Gasteiger partial charge in [0, 0.05) is 33.7 Å². The molecule has 8 heteroatoms. The minimum atomic E-state index is -0.570. The predicted octanol–water partition coefficient (Wildman–Crippen LogP) is 4.24. The molecule has 3 aromatic carbocycles. The normalized spacial score (nSPS) is 10.8.